The van der Waals surface area contributed by atoms with Crippen LogP contribution in [0.3, 0.4) is 0 Å². The number of hydrogen-bond acceptors (Lipinski definition) is 5. The quantitative estimate of drug-likeness (QED) is 0.398. The summed E-state index contributed by atoms with van der Waals surface area (Å²) in [7, 11) is 0. The Labute approximate surface area is 242 Å². The SMILES string of the molecule is C=CCN(CCC)C(=O)[C@@H]1[C@@H]2CCC3(O2)C(C(=O)N(CC=C)c2ccc4ccccc4c2)N([C@@H](CC)CO)C(=O)[C@H]13. The van der Waals surface area contributed by atoms with Gasteiger partial charge in [-0.3, -0.25) is 14.4 Å². The molecule has 5 rings (SSSR count). The molecule has 1 N–H and O–H groups in total. The zero-order valence-electron chi connectivity index (χ0n) is 24.1. The minimum absolute atomic E-state index is 0.126. The number of carbonyl (C=O) groups is 3. The molecular formula is C33H41N3O5. The summed E-state index contributed by atoms with van der Waals surface area (Å²) in [5.74, 6) is -2.15. The van der Waals surface area contributed by atoms with E-state index in [1.807, 2.05) is 56.3 Å². The highest BCUT2D eigenvalue weighted by Gasteiger charge is 2.75. The Kier molecular flexibility index (Phi) is 8.34. The van der Waals surface area contributed by atoms with Crippen LogP contribution in [-0.2, 0) is 19.1 Å². The summed E-state index contributed by atoms with van der Waals surface area (Å²) in [6.07, 6.45) is 5.28. The molecule has 1 spiro atoms. The Morgan fingerprint density at radius 1 is 1.12 bits per heavy atom. The van der Waals surface area contributed by atoms with E-state index in [-0.39, 0.29) is 30.9 Å². The highest BCUT2D eigenvalue weighted by atomic mass is 16.5. The zero-order chi connectivity index (χ0) is 29.3. The standard InChI is InChI=1S/C33H41N3O5/c1-5-17-34(18-6-2)30(38)27-26-15-16-33(41-26)28(27)31(39)36(24(8-4)21-37)29(33)32(40)35(19-7-3)25-14-13-22-11-9-10-12-23(22)20-25/h5,7,9-14,20,24,26-29,37H,1,3,6,8,15-19,21H2,2,4H3/t24-,26-,27+,28-,29?,33?/m0/s1. The van der Waals surface area contributed by atoms with E-state index in [0.717, 1.165) is 17.2 Å². The van der Waals surface area contributed by atoms with Crippen LogP contribution in [0, 0.1) is 11.8 Å². The van der Waals surface area contributed by atoms with Gasteiger partial charge in [-0.05, 0) is 48.6 Å². The number of aliphatic hydroxyl groups excluding tert-OH is 1. The highest BCUT2D eigenvalue weighted by Crippen LogP contribution is 2.59. The van der Waals surface area contributed by atoms with Gasteiger partial charge in [0.1, 0.15) is 11.6 Å². The van der Waals surface area contributed by atoms with Crippen molar-refractivity contribution >= 4 is 34.2 Å². The molecule has 3 aliphatic heterocycles. The maximum Gasteiger partial charge on any atom is 0.253 e. The van der Waals surface area contributed by atoms with Crippen LogP contribution in [-0.4, -0.2) is 82.7 Å². The van der Waals surface area contributed by atoms with E-state index < -0.39 is 35.6 Å². The van der Waals surface area contributed by atoms with Crippen molar-refractivity contribution < 1.29 is 24.2 Å². The van der Waals surface area contributed by atoms with E-state index in [1.165, 1.54) is 0 Å². The molecule has 0 aromatic heterocycles. The van der Waals surface area contributed by atoms with Crippen LogP contribution >= 0.6 is 0 Å². The van der Waals surface area contributed by atoms with Crippen LogP contribution < -0.4 is 4.90 Å². The number of carbonyl (C=O) groups excluding carboxylic acids is 3. The Morgan fingerprint density at radius 2 is 1.85 bits per heavy atom. The van der Waals surface area contributed by atoms with Crippen molar-refractivity contribution in [1.29, 1.82) is 0 Å². The van der Waals surface area contributed by atoms with Crippen LogP contribution in [0.4, 0.5) is 5.69 Å². The fourth-order valence-corrected chi connectivity index (χ4v) is 7.33. The van der Waals surface area contributed by atoms with Crippen molar-refractivity contribution in [2.24, 2.45) is 11.8 Å². The Bertz CT molecular complexity index is 1340. The Morgan fingerprint density at radius 3 is 2.51 bits per heavy atom. The summed E-state index contributed by atoms with van der Waals surface area (Å²) in [5, 5.41) is 12.4. The number of aliphatic hydroxyl groups is 1. The lowest BCUT2D eigenvalue weighted by atomic mass is 9.70. The minimum Gasteiger partial charge on any atom is -0.394 e. The number of amides is 3. The maximum absolute atomic E-state index is 14.7. The molecule has 2 bridgehead atoms. The van der Waals surface area contributed by atoms with Gasteiger partial charge in [0.05, 0.1) is 30.6 Å². The van der Waals surface area contributed by atoms with Gasteiger partial charge in [-0.25, -0.2) is 0 Å². The molecule has 3 fully saturated rings. The average molecular weight is 560 g/mol. The average Bonchev–Trinajstić information content (AvgIpc) is 3.63. The smallest absolute Gasteiger partial charge is 0.253 e. The summed E-state index contributed by atoms with van der Waals surface area (Å²) in [6, 6.07) is 12.2. The summed E-state index contributed by atoms with van der Waals surface area (Å²) >= 11 is 0. The third kappa shape index (κ3) is 4.67. The van der Waals surface area contributed by atoms with Crippen molar-refractivity contribution in [2.45, 2.75) is 63.3 Å². The molecule has 6 atom stereocenters. The molecule has 3 saturated heterocycles. The molecule has 2 unspecified atom stereocenters. The van der Waals surface area contributed by atoms with E-state index in [1.54, 1.807) is 26.9 Å². The van der Waals surface area contributed by atoms with Crippen molar-refractivity contribution in [2.75, 3.05) is 31.1 Å². The first-order valence-electron chi connectivity index (χ1n) is 14.8. The van der Waals surface area contributed by atoms with Gasteiger partial charge in [0.15, 0.2) is 0 Å². The fraction of sp³-hybridized carbons (Fsp3) is 0.485. The summed E-state index contributed by atoms with van der Waals surface area (Å²) in [4.78, 5) is 47.9. The highest BCUT2D eigenvalue weighted by molar-refractivity contribution is 6.06. The van der Waals surface area contributed by atoms with Crippen LogP contribution in [0.1, 0.15) is 39.5 Å². The van der Waals surface area contributed by atoms with Gasteiger partial charge in [-0.15, -0.1) is 13.2 Å². The van der Waals surface area contributed by atoms with Gasteiger partial charge >= 0.3 is 0 Å². The van der Waals surface area contributed by atoms with Gasteiger partial charge in [0.2, 0.25) is 11.8 Å². The molecule has 8 heteroatoms. The first-order chi connectivity index (χ1) is 19.9. The van der Waals surface area contributed by atoms with Crippen molar-refractivity contribution in [3.63, 3.8) is 0 Å². The van der Waals surface area contributed by atoms with Crippen LogP contribution in [0.15, 0.2) is 67.8 Å². The van der Waals surface area contributed by atoms with Gasteiger partial charge < -0.3 is 24.5 Å². The van der Waals surface area contributed by atoms with Crippen LogP contribution in [0.2, 0.25) is 0 Å². The van der Waals surface area contributed by atoms with Gasteiger partial charge in [-0.1, -0.05) is 56.3 Å². The number of hydrogen-bond donors (Lipinski definition) is 1. The number of fused-ring (bicyclic) bond motifs is 2. The third-order valence-corrected chi connectivity index (χ3v) is 9.11. The molecule has 218 valence electrons. The first-order valence-corrected chi connectivity index (χ1v) is 14.8. The molecule has 0 aliphatic carbocycles. The summed E-state index contributed by atoms with van der Waals surface area (Å²) < 4.78 is 6.64. The van der Waals surface area contributed by atoms with Crippen molar-refractivity contribution in [3.05, 3.63) is 67.8 Å². The second-order valence-electron chi connectivity index (χ2n) is 11.4. The van der Waals surface area contributed by atoms with E-state index >= 15 is 0 Å². The molecular weight excluding hydrogens is 518 g/mol. The van der Waals surface area contributed by atoms with Crippen LogP contribution in [0.25, 0.3) is 10.8 Å². The molecule has 3 amide bonds. The lowest BCUT2D eigenvalue weighted by Crippen LogP contribution is -2.59. The molecule has 3 aliphatic rings. The normalized spacial score (nSPS) is 27.1. The molecule has 0 radical (unpaired) electrons. The van der Waals surface area contributed by atoms with Gasteiger partial charge in [0, 0.05) is 25.3 Å². The van der Waals surface area contributed by atoms with Gasteiger partial charge in [0.25, 0.3) is 5.91 Å². The number of nitrogens with zero attached hydrogens (tertiary/aromatic N) is 3. The van der Waals surface area contributed by atoms with Crippen molar-refractivity contribution in [1.82, 2.24) is 9.80 Å². The number of benzene rings is 2. The summed E-state index contributed by atoms with van der Waals surface area (Å²) in [6.45, 7) is 12.5. The molecule has 2 aromatic rings. The molecule has 2 aromatic carbocycles. The fourth-order valence-electron chi connectivity index (χ4n) is 7.33. The first kappa shape index (κ1) is 29.0. The lowest BCUT2D eigenvalue weighted by molar-refractivity contribution is -0.147. The number of anilines is 1. The summed E-state index contributed by atoms with van der Waals surface area (Å²) in [5.41, 5.74) is -0.442. The van der Waals surface area contributed by atoms with E-state index in [9.17, 15) is 19.5 Å². The van der Waals surface area contributed by atoms with E-state index in [2.05, 4.69) is 13.2 Å². The molecule has 8 nitrogen and oxygen atoms in total. The zero-order valence-corrected chi connectivity index (χ0v) is 24.1. The monoisotopic (exact) mass is 559 g/mol. The van der Waals surface area contributed by atoms with Crippen LogP contribution in [0.5, 0.6) is 0 Å². The van der Waals surface area contributed by atoms with Crippen molar-refractivity contribution in [3.8, 4) is 0 Å². The third-order valence-electron chi connectivity index (χ3n) is 9.11. The molecule has 3 heterocycles. The lowest BCUT2D eigenvalue weighted by Gasteiger charge is -2.39. The predicted molar refractivity (Wildman–Crippen MR) is 159 cm³/mol. The second kappa shape index (κ2) is 11.8. The maximum atomic E-state index is 14.7. The largest absolute Gasteiger partial charge is 0.394 e. The Balaban J connectivity index is 1.59. The number of ether oxygens (including phenoxy) is 1. The van der Waals surface area contributed by atoms with E-state index in [4.69, 9.17) is 4.74 Å². The Hall–Kier alpha value is -3.49. The number of rotatable bonds is 12. The minimum atomic E-state index is -1.13. The molecule has 41 heavy (non-hydrogen) atoms. The topological polar surface area (TPSA) is 90.4 Å². The number of likely N-dealkylation sites (tertiary alicyclic amines) is 1. The van der Waals surface area contributed by atoms with Gasteiger partial charge in [-0.2, -0.15) is 0 Å². The predicted octanol–water partition coefficient (Wildman–Crippen LogP) is 3.93. The van der Waals surface area contributed by atoms with E-state index in [0.29, 0.717) is 38.0 Å². The second-order valence-corrected chi connectivity index (χ2v) is 11.4. The molecule has 0 saturated carbocycles.